The lowest BCUT2D eigenvalue weighted by Crippen LogP contribution is -2.37. The van der Waals surface area contributed by atoms with Gasteiger partial charge in [-0.2, -0.15) is 0 Å². The van der Waals surface area contributed by atoms with Crippen molar-refractivity contribution in [3.63, 3.8) is 0 Å². The second-order valence-corrected chi connectivity index (χ2v) is 7.85. The van der Waals surface area contributed by atoms with Crippen molar-refractivity contribution in [3.8, 4) is 16.9 Å². The molecule has 30 heavy (non-hydrogen) atoms. The van der Waals surface area contributed by atoms with Crippen molar-refractivity contribution < 1.29 is 14.3 Å². The zero-order valence-electron chi connectivity index (χ0n) is 17.2. The molecule has 1 saturated heterocycles. The minimum atomic E-state index is -0.0741. The summed E-state index contributed by atoms with van der Waals surface area (Å²) in [5, 5.41) is 1.67. The highest BCUT2D eigenvalue weighted by molar-refractivity contribution is 6.32. The lowest BCUT2D eigenvalue weighted by Gasteiger charge is -2.31. The van der Waals surface area contributed by atoms with E-state index >= 15 is 0 Å². The average molecular weight is 425 g/mol. The largest absolute Gasteiger partial charge is 0.495 e. The Labute approximate surface area is 181 Å². The maximum absolute atomic E-state index is 12.0. The molecule has 0 unspecified atom stereocenters. The molecule has 1 aromatic heterocycles. The van der Waals surface area contributed by atoms with Crippen molar-refractivity contribution in [1.82, 2.24) is 4.98 Å². The van der Waals surface area contributed by atoms with Gasteiger partial charge in [0.05, 0.1) is 30.2 Å². The van der Waals surface area contributed by atoms with E-state index in [0.29, 0.717) is 17.4 Å². The number of carbonyl (C=O) groups excluding carboxylic acids is 1. The summed E-state index contributed by atoms with van der Waals surface area (Å²) in [5.41, 5.74) is 3.08. The lowest BCUT2D eigenvalue weighted by atomic mass is 9.97. The first-order valence-electron chi connectivity index (χ1n) is 10.3. The van der Waals surface area contributed by atoms with Gasteiger partial charge in [0.15, 0.2) is 0 Å². The van der Waals surface area contributed by atoms with Gasteiger partial charge in [0.25, 0.3) is 0 Å². The third kappa shape index (κ3) is 4.21. The van der Waals surface area contributed by atoms with Crippen molar-refractivity contribution in [3.05, 3.63) is 53.6 Å². The summed E-state index contributed by atoms with van der Waals surface area (Å²) < 4.78 is 10.5. The van der Waals surface area contributed by atoms with Gasteiger partial charge in [0, 0.05) is 18.5 Å². The zero-order chi connectivity index (χ0) is 21.1. The number of halogens is 1. The monoisotopic (exact) mass is 424 g/mol. The van der Waals surface area contributed by atoms with Crippen LogP contribution in [-0.4, -0.2) is 37.8 Å². The Hall–Kier alpha value is -2.79. The predicted molar refractivity (Wildman–Crippen MR) is 120 cm³/mol. The number of hydrogen-bond acceptors (Lipinski definition) is 5. The van der Waals surface area contributed by atoms with E-state index in [1.165, 1.54) is 0 Å². The Balaban J connectivity index is 1.52. The topological polar surface area (TPSA) is 51.7 Å². The fourth-order valence-electron chi connectivity index (χ4n) is 3.91. The fraction of sp³-hybridized carbons (Fsp3) is 0.333. The van der Waals surface area contributed by atoms with Crippen molar-refractivity contribution in [1.29, 1.82) is 0 Å². The molecule has 0 atom stereocenters. The van der Waals surface area contributed by atoms with Gasteiger partial charge in [0.2, 0.25) is 0 Å². The van der Waals surface area contributed by atoms with Gasteiger partial charge in [-0.1, -0.05) is 23.7 Å². The van der Waals surface area contributed by atoms with E-state index in [0.717, 1.165) is 53.8 Å². The van der Waals surface area contributed by atoms with Crippen molar-refractivity contribution in [2.24, 2.45) is 5.92 Å². The van der Waals surface area contributed by atoms with Gasteiger partial charge in [0.1, 0.15) is 11.6 Å². The molecule has 0 N–H and O–H groups in total. The zero-order valence-corrected chi connectivity index (χ0v) is 18.0. The highest BCUT2D eigenvalue weighted by Gasteiger charge is 2.26. The normalized spacial score (nSPS) is 14.7. The molecule has 3 aromatic rings. The van der Waals surface area contributed by atoms with Crippen LogP contribution in [0.2, 0.25) is 5.02 Å². The van der Waals surface area contributed by atoms with E-state index in [9.17, 15) is 4.79 Å². The molecule has 0 spiro atoms. The standard InChI is InChI=1S/C24H25ClN2O3/c1-3-30-24(28)16-10-12-27(13-11-16)23-9-6-19-14-17(5-8-21(19)26-23)18-4-7-20(25)22(15-18)29-2/h4-9,14-16H,3,10-13H2,1-2H3. The molecule has 1 aliphatic rings. The number of methoxy groups -OCH3 is 1. The first-order valence-corrected chi connectivity index (χ1v) is 10.6. The Bertz CT molecular complexity index is 1060. The smallest absolute Gasteiger partial charge is 0.309 e. The molecular weight excluding hydrogens is 400 g/mol. The Kier molecular flexibility index (Phi) is 6.09. The molecule has 0 radical (unpaired) electrons. The lowest BCUT2D eigenvalue weighted by molar-refractivity contribution is -0.148. The van der Waals surface area contributed by atoms with Gasteiger partial charge in [-0.15, -0.1) is 0 Å². The maximum atomic E-state index is 12.0. The molecule has 0 amide bonds. The number of piperidine rings is 1. The van der Waals surface area contributed by atoms with Crippen LogP contribution in [-0.2, 0) is 9.53 Å². The van der Waals surface area contributed by atoms with Crippen molar-refractivity contribution in [2.75, 3.05) is 31.7 Å². The number of hydrogen-bond donors (Lipinski definition) is 0. The molecule has 0 aliphatic carbocycles. The number of aromatic nitrogens is 1. The van der Waals surface area contributed by atoms with Crippen LogP contribution < -0.4 is 9.64 Å². The van der Waals surface area contributed by atoms with Crippen LogP contribution in [0.1, 0.15) is 19.8 Å². The van der Waals surface area contributed by atoms with E-state index in [-0.39, 0.29) is 11.9 Å². The van der Waals surface area contributed by atoms with Crippen LogP contribution in [0.15, 0.2) is 48.5 Å². The highest BCUT2D eigenvalue weighted by Crippen LogP contribution is 2.32. The molecular formula is C24H25ClN2O3. The van der Waals surface area contributed by atoms with Crippen molar-refractivity contribution >= 4 is 34.3 Å². The number of carbonyl (C=O) groups is 1. The number of pyridine rings is 1. The summed E-state index contributed by atoms with van der Waals surface area (Å²) in [6, 6.07) is 16.2. The fourth-order valence-corrected chi connectivity index (χ4v) is 4.11. The summed E-state index contributed by atoms with van der Waals surface area (Å²) in [6.07, 6.45) is 1.60. The minimum Gasteiger partial charge on any atom is -0.495 e. The molecule has 0 bridgehead atoms. The molecule has 1 aliphatic heterocycles. The molecule has 4 rings (SSSR count). The van der Waals surface area contributed by atoms with E-state index in [1.54, 1.807) is 7.11 Å². The summed E-state index contributed by atoms with van der Waals surface area (Å²) in [6.45, 7) is 3.91. The third-order valence-corrected chi connectivity index (χ3v) is 5.91. The van der Waals surface area contributed by atoms with Gasteiger partial charge in [-0.3, -0.25) is 4.79 Å². The first-order chi connectivity index (χ1) is 14.6. The number of ether oxygens (including phenoxy) is 2. The second-order valence-electron chi connectivity index (χ2n) is 7.44. The van der Waals surface area contributed by atoms with Gasteiger partial charge in [-0.05, 0) is 67.3 Å². The predicted octanol–water partition coefficient (Wildman–Crippen LogP) is 5.34. The number of benzene rings is 2. The van der Waals surface area contributed by atoms with E-state index in [4.69, 9.17) is 26.1 Å². The highest BCUT2D eigenvalue weighted by atomic mass is 35.5. The number of esters is 1. The molecule has 1 fully saturated rings. The number of rotatable bonds is 5. The minimum absolute atomic E-state index is 0.000539. The molecule has 0 saturated carbocycles. The summed E-state index contributed by atoms with van der Waals surface area (Å²) in [4.78, 5) is 19.0. The Morgan fingerprint density at radius 3 is 2.57 bits per heavy atom. The molecule has 2 aromatic carbocycles. The van der Waals surface area contributed by atoms with Crippen LogP contribution >= 0.6 is 11.6 Å². The quantitative estimate of drug-likeness (QED) is 0.517. The van der Waals surface area contributed by atoms with Crippen LogP contribution in [0.5, 0.6) is 5.75 Å². The maximum Gasteiger partial charge on any atom is 0.309 e. The van der Waals surface area contributed by atoms with E-state index in [1.807, 2.05) is 31.2 Å². The van der Waals surface area contributed by atoms with Gasteiger partial charge in [-0.25, -0.2) is 4.98 Å². The van der Waals surface area contributed by atoms with Gasteiger partial charge < -0.3 is 14.4 Å². The summed E-state index contributed by atoms with van der Waals surface area (Å²) in [7, 11) is 1.62. The molecule has 5 nitrogen and oxygen atoms in total. The molecule has 156 valence electrons. The van der Waals surface area contributed by atoms with Crippen LogP contribution in [0.3, 0.4) is 0 Å². The summed E-state index contributed by atoms with van der Waals surface area (Å²) in [5.74, 6) is 1.54. The van der Waals surface area contributed by atoms with Crippen LogP contribution in [0.25, 0.3) is 22.0 Å². The second kappa shape index (κ2) is 8.92. The van der Waals surface area contributed by atoms with Gasteiger partial charge >= 0.3 is 5.97 Å². The number of nitrogens with zero attached hydrogens (tertiary/aromatic N) is 2. The van der Waals surface area contributed by atoms with Crippen molar-refractivity contribution in [2.45, 2.75) is 19.8 Å². The number of fused-ring (bicyclic) bond motifs is 1. The number of anilines is 1. The van der Waals surface area contributed by atoms with Crippen LogP contribution in [0, 0.1) is 5.92 Å². The SMILES string of the molecule is CCOC(=O)C1CCN(c2ccc3cc(-c4ccc(Cl)c(OC)c4)ccc3n2)CC1. The summed E-state index contributed by atoms with van der Waals surface area (Å²) >= 11 is 6.15. The Morgan fingerprint density at radius 1 is 1.10 bits per heavy atom. The van der Waals surface area contributed by atoms with Crippen LogP contribution in [0.4, 0.5) is 5.82 Å². The first kappa shape index (κ1) is 20.5. The average Bonchev–Trinajstić information content (AvgIpc) is 2.79. The molecule has 2 heterocycles. The molecule has 6 heteroatoms. The Morgan fingerprint density at radius 2 is 1.83 bits per heavy atom. The third-order valence-electron chi connectivity index (χ3n) is 5.60. The van der Waals surface area contributed by atoms with E-state index < -0.39 is 0 Å². The van der Waals surface area contributed by atoms with E-state index in [2.05, 4.69) is 29.2 Å².